The summed E-state index contributed by atoms with van der Waals surface area (Å²) in [5.41, 5.74) is -3.35. The van der Waals surface area contributed by atoms with Crippen LogP contribution >= 0.6 is 11.8 Å². The summed E-state index contributed by atoms with van der Waals surface area (Å²) in [5.74, 6) is 0.272. The number of aromatic nitrogens is 1. The average molecular weight is 331 g/mol. The molecule has 1 aromatic carbocycles. The lowest BCUT2D eigenvalue weighted by atomic mass is 10.2. The van der Waals surface area contributed by atoms with Gasteiger partial charge in [-0.15, -0.1) is 0 Å². The predicted octanol–water partition coefficient (Wildman–Crippen LogP) is 3.98. The number of esters is 1. The Bertz CT molecular complexity index is 665. The van der Waals surface area contributed by atoms with E-state index in [4.69, 9.17) is 4.42 Å². The Hall–Kier alpha value is -1.96. The molecule has 0 N–H and O–H groups in total. The topological polar surface area (TPSA) is 52.3 Å². The molecule has 0 radical (unpaired) electrons. The van der Waals surface area contributed by atoms with E-state index in [1.54, 1.807) is 6.92 Å². The smallest absolute Gasteiger partial charge is 0.446 e. The van der Waals surface area contributed by atoms with Gasteiger partial charge < -0.3 is 9.15 Å². The fourth-order valence-corrected chi connectivity index (χ4v) is 2.26. The molecule has 2 aromatic rings. The first kappa shape index (κ1) is 16.4. The van der Waals surface area contributed by atoms with E-state index >= 15 is 0 Å². The number of carbonyl (C=O) groups excluding carboxylic acids is 1. The molecule has 0 aliphatic rings. The zero-order valence-electron chi connectivity index (χ0n) is 11.7. The van der Waals surface area contributed by atoms with E-state index in [0.717, 1.165) is 0 Å². The van der Waals surface area contributed by atoms with E-state index in [0.29, 0.717) is 17.0 Å². The number of ether oxygens (including phenoxy) is 1. The first-order valence-electron chi connectivity index (χ1n) is 6.18. The van der Waals surface area contributed by atoms with Crippen LogP contribution in [0.1, 0.15) is 11.5 Å². The van der Waals surface area contributed by atoms with E-state index < -0.39 is 11.5 Å². The lowest BCUT2D eigenvalue weighted by molar-refractivity contribution is -0.139. The zero-order chi connectivity index (χ0) is 16.3. The normalized spacial score (nSPS) is 11.5. The van der Waals surface area contributed by atoms with Crippen molar-refractivity contribution < 1.29 is 27.1 Å². The van der Waals surface area contributed by atoms with Gasteiger partial charge in [-0.05, 0) is 43.0 Å². The van der Waals surface area contributed by atoms with E-state index in [1.807, 2.05) is 0 Å². The molecule has 0 amide bonds. The molecule has 0 atom stereocenters. The molecule has 22 heavy (non-hydrogen) atoms. The number of rotatable bonds is 4. The predicted molar refractivity (Wildman–Crippen MR) is 74.3 cm³/mol. The van der Waals surface area contributed by atoms with Gasteiger partial charge in [-0.25, -0.2) is 4.98 Å². The number of aryl methyl sites for hydroxylation is 1. The molecule has 0 bridgehead atoms. The summed E-state index contributed by atoms with van der Waals surface area (Å²) in [4.78, 5) is 15.5. The highest BCUT2D eigenvalue weighted by molar-refractivity contribution is 8.00. The second-order valence-corrected chi connectivity index (χ2v) is 5.49. The Balaban J connectivity index is 2.18. The molecule has 0 aliphatic heterocycles. The monoisotopic (exact) mass is 331 g/mol. The highest BCUT2D eigenvalue weighted by atomic mass is 32.2. The number of alkyl halides is 3. The molecule has 0 saturated heterocycles. The maximum absolute atomic E-state index is 12.3. The third-order valence-corrected chi connectivity index (χ3v) is 3.51. The maximum atomic E-state index is 12.3. The van der Waals surface area contributed by atoms with Gasteiger partial charge in [-0.2, -0.15) is 13.2 Å². The van der Waals surface area contributed by atoms with Crippen molar-refractivity contribution in [2.75, 3.05) is 7.11 Å². The number of nitrogens with zero attached hydrogens (tertiary/aromatic N) is 1. The highest BCUT2D eigenvalue weighted by Crippen LogP contribution is 2.37. The van der Waals surface area contributed by atoms with Gasteiger partial charge in [-0.3, -0.25) is 4.79 Å². The Morgan fingerprint density at radius 1 is 1.32 bits per heavy atom. The van der Waals surface area contributed by atoms with Crippen molar-refractivity contribution in [1.29, 1.82) is 0 Å². The Kier molecular flexibility index (Phi) is 4.80. The number of oxazole rings is 1. The number of hydrogen-bond acceptors (Lipinski definition) is 5. The molecular weight excluding hydrogens is 319 g/mol. The van der Waals surface area contributed by atoms with E-state index in [-0.39, 0.29) is 29.0 Å². The summed E-state index contributed by atoms with van der Waals surface area (Å²) in [6.07, 6.45) is -0.0200. The van der Waals surface area contributed by atoms with Gasteiger partial charge in [0.2, 0.25) is 5.89 Å². The van der Waals surface area contributed by atoms with Crippen molar-refractivity contribution in [3.8, 4) is 11.5 Å². The second kappa shape index (κ2) is 6.43. The van der Waals surface area contributed by atoms with Crippen molar-refractivity contribution in [2.24, 2.45) is 0 Å². The van der Waals surface area contributed by atoms with E-state index in [9.17, 15) is 18.0 Å². The molecule has 0 spiro atoms. The van der Waals surface area contributed by atoms with Crippen LogP contribution in [0.2, 0.25) is 0 Å². The molecule has 0 saturated carbocycles. The lowest BCUT2D eigenvalue weighted by Gasteiger charge is -2.05. The summed E-state index contributed by atoms with van der Waals surface area (Å²) < 4.78 is 46.8. The van der Waals surface area contributed by atoms with Crippen LogP contribution in [0, 0.1) is 6.92 Å². The summed E-state index contributed by atoms with van der Waals surface area (Å²) in [7, 11) is 1.27. The van der Waals surface area contributed by atoms with Crippen molar-refractivity contribution in [2.45, 2.75) is 23.7 Å². The van der Waals surface area contributed by atoms with E-state index in [2.05, 4.69) is 9.72 Å². The van der Waals surface area contributed by atoms with Crippen LogP contribution in [-0.4, -0.2) is 23.6 Å². The molecule has 8 heteroatoms. The van der Waals surface area contributed by atoms with Gasteiger partial charge in [0, 0.05) is 10.5 Å². The molecule has 0 aliphatic carbocycles. The van der Waals surface area contributed by atoms with Gasteiger partial charge in [0.25, 0.3) is 0 Å². The first-order chi connectivity index (χ1) is 10.3. The third-order valence-electron chi connectivity index (χ3n) is 2.77. The Morgan fingerprint density at radius 3 is 2.50 bits per heavy atom. The Labute approximate surface area is 128 Å². The van der Waals surface area contributed by atoms with Crippen molar-refractivity contribution in [3.05, 3.63) is 35.7 Å². The van der Waals surface area contributed by atoms with Crippen LogP contribution in [0.5, 0.6) is 0 Å². The van der Waals surface area contributed by atoms with Gasteiger partial charge in [-0.1, -0.05) is 0 Å². The molecule has 0 fully saturated rings. The molecule has 1 aromatic heterocycles. The molecular formula is C14H12F3NO3S. The first-order valence-corrected chi connectivity index (χ1v) is 6.99. The van der Waals surface area contributed by atoms with Crippen molar-refractivity contribution in [3.63, 3.8) is 0 Å². The highest BCUT2D eigenvalue weighted by Gasteiger charge is 2.29. The largest absolute Gasteiger partial charge is 0.469 e. The quantitative estimate of drug-likeness (QED) is 0.626. The molecule has 4 nitrogen and oxygen atoms in total. The molecule has 1 heterocycles. The van der Waals surface area contributed by atoms with E-state index in [1.165, 1.54) is 31.4 Å². The van der Waals surface area contributed by atoms with Crippen LogP contribution in [0.3, 0.4) is 0 Å². The van der Waals surface area contributed by atoms with Crippen LogP contribution in [0.25, 0.3) is 11.5 Å². The van der Waals surface area contributed by atoms with Gasteiger partial charge in [0.05, 0.1) is 19.2 Å². The molecule has 0 unspecified atom stereocenters. The zero-order valence-corrected chi connectivity index (χ0v) is 12.5. The number of methoxy groups -OCH3 is 1. The van der Waals surface area contributed by atoms with Crippen LogP contribution in [0.15, 0.2) is 33.6 Å². The van der Waals surface area contributed by atoms with Crippen molar-refractivity contribution >= 4 is 17.7 Å². The lowest BCUT2D eigenvalue weighted by Crippen LogP contribution is -2.05. The fourth-order valence-electron chi connectivity index (χ4n) is 1.72. The number of carbonyl (C=O) groups is 1. The number of thioether (sulfide) groups is 1. The average Bonchev–Trinajstić information content (AvgIpc) is 2.79. The minimum Gasteiger partial charge on any atom is -0.469 e. The minimum atomic E-state index is -4.32. The maximum Gasteiger partial charge on any atom is 0.446 e. The van der Waals surface area contributed by atoms with Crippen molar-refractivity contribution in [1.82, 2.24) is 4.98 Å². The number of halogens is 3. The minimum absolute atomic E-state index is 0.0200. The van der Waals surface area contributed by atoms with Crippen LogP contribution in [-0.2, 0) is 16.0 Å². The third kappa shape index (κ3) is 4.27. The summed E-state index contributed by atoms with van der Waals surface area (Å²) >= 11 is -0.188. The standard InChI is InChI=1S/C14H12F3NO3S/c1-8-11(7-12(19)20-2)18-13(21-8)9-3-5-10(6-4-9)22-14(15,16)17/h3-6H,7H2,1-2H3. The SMILES string of the molecule is COC(=O)Cc1nc(-c2ccc(SC(F)(F)F)cc2)oc1C. The van der Waals surface area contributed by atoms with Gasteiger partial charge >= 0.3 is 11.5 Å². The van der Waals surface area contributed by atoms with Crippen LogP contribution in [0.4, 0.5) is 13.2 Å². The number of hydrogen-bond donors (Lipinski definition) is 0. The molecule has 2 rings (SSSR count). The van der Waals surface area contributed by atoms with Crippen LogP contribution < -0.4 is 0 Å². The summed E-state index contributed by atoms with van der Waals surface area (Å²) in [6, 6.07) is 5.66. The fraction of sp³-hybridized carbons (Fsp3) is 0.286. The van der Waals surface area contributed by atoms with Gasteiger partial charge in [0.1, 0.15) is 5.76 Å². The molecule has 118 valence electrons. The second-order valence-electron chi connectivity index (χ2n) is 4.35. The van der Waals surface area contributed by atoms with Gasteiger partial charge in [0.15, 0.2) is 0 Å². The summed E-state index contributed by atoms with van der Waals surface area (Å²) in [6.45, 7) is 1.66. The Morgan fingerprint density at radius 2 is 1.95 bits per heavy atom. The number of benzene rings is 1. The summed E-state index contributed by atoms with van der Waals surface area (Å²) in [5, 5.41) is 0.